The van der Waals surface area contributed by atoms with E-state index in [0.717, 1.165) is 0 Å². The van der Waals surface area contributed by atoms with Gasteiger partial charge in [0.15, 0.2) is 5.75 Å². The third-order valence-corrected chi connectivity index (χ3v) is 2.10. The topological polar surface area (TPSA) is 125 Å². The molecule has 17 heavy (non-hydrogen) atoms. The van der Waals surface area contributed by atoms with Gasteiger partial charge < -0.3 is 15.2 Å². The van der Waals surface area contributed by atoms with Crippen molar-refractivity contribution in [2.24, 2.45) is 0 Å². The molecule has 0 saturated heterocycles. The molecule has 4 N–H and O–H groups in total. The highest BCUT2D eigenvalue weighted by Crippen LogP contribution is 2.43. The van der Waals surface area contributed by atoms with Crippen LogP contribution in [0.5, 0.6) is 5.75 Å². The molecule has 0 aliphatic carbocycles. The van der Waals surface area contributed by atoms with E-state index in [-0.39, 0.29) is 23.5 Å². The van der Waals surface area contributed by atoms with Gasteiger partial charge in [0.25, 0.3) is 0 Å². The van der Waals surface area contributed by atoms with Crippen molar-refractivity contribution in [1.82, 2.24) is 0 Å². The summed E-state index contributed by atoms with van der Waals surface area (Å²) in [5.41, 5.74) is 0.107. The molecule has 0 fully saturated rings. The second kappa shape index (κ2) is 5.44. The van der Waals surface area contributed by atoms with E-state index in [0.29, 0.717) is 6.41 Å². The normalized spacial score (nSPS) is 10.5. The van der Waals surface area contributed by atoms with E-state index in [1.165, 1.54) is 18.2 Å². The number of carbonyl (C=O) groups is 2. The van der Waals surface area contributed by atoms with Crippen LogP contribution in [-0.2, 0) is 14.2 Å². The summed E-state index contributed by atoms with van der Waals surface area (Å²) in [5, 5.41) is 4.43. The molecule has 0 heterocycles. The lowest BCUT2D eigenvalue weighted by Gasteiger charge is -2.13. The van der Waals surface area contributed by atoms with Crippen LogP contribution in [0.4, 0.5) is 11.4 Å². The SMILES string of the molecule is O=CNc1cccc(OP(=O)(O)O)c1NC=O. The van der Waals surface area contributed by atoms with E-state index in [4.69, 9.17) is 9.79 Å². The van der Waals surface area contributed by atoms with E-state index in [9.17, 15) is 14.2 Å². The minimum Gasteiger partial charge on any atom is -0.402 e. The largest absolute Gasteiger partial charge is 0.524 e. The molecular formula is C8H9N2O6P. The summed E-state index contributed by atoms with van der Waals surface area (Å²) in [5.74, 6) is -0.253. The number of phosphoric acid groups is 1. The Morgan fingerprint density at radius 3 is 2.35 bits per heavy atom. The molecule has 0 unspecified atom stereocenters. The molecule has 0 atom stereocenters. The highest BCUT2D eigenvalue weighted by Gasteiger charge is 2.19. The van der Waals surface area contributed by atoms with Crippen LogP contribution in [0.2, 0.25) is 0 Å². The fraction of sp³-hybridized carbons (Fsp3) is 0. The molecule has 0 spiro atoms. The van der Waals surface area contributed by atoms with Crippen LogP contribution < -0.4 is 15.2 Å². The Morgan fingerprint density at radius 1 is 1.18 bits per heavy atom. The maximum Gasteiger partial charge on any atom is 0.524 e. The van der Waals surface area contributed by atoms with Gasteiger partial charge in [-0.15, -0.1) is 0 Å². The zero-order chi connectivity index (χ0) is 12.9. The molecule has 0 bridgehead atoms. The first-order chi connectivity index (χ1) is 7.98. The summed E-state index contributed by atoms with van der Waals surface area (Å²) in [7, 11) is -4.75. The van der Waals surface area contributed by atoms with Gasteiger partial charge in [-0.1, -0.05) is 6.07 Å². The Hall–Kier alpha value is -1.89. The minimum absolute atomic E-state index is 0.0436. The van der Waals surface area contributed by atoms with Crippen molar-refractivity contribution in [2.45, 2.75) is 0 Å². The van der Waals surface area contributed by atoms with Gasteiger partial charge in [0, 0.05) is 0 Å². The maximum absolute atomic E-state index is 10.7. The van der Waals surface area contributed by atoms with Gasteiger partial charge in [-0.25, -0.2) is 4.57 Å². The van der Waals surface area contributed by atoms with Crippen LogP contribution in [0.3, 0.4) is 0 Å². The zero-order valence-electron chi connectivity index (χ0n) is 8.36. The number of benzene rings is 1. The lowest BCUT2D eigenvalue weighted by Crippen LogP contribution is -2.04. The standard InChI is InChI=1S/C8H9N2O6P/c11-4-9-6-2-1-3-7(8(6)10-5-12)16-17(13,14)15/h1-5H,(H,9,11)(H,10,12)(H2,13,14,15). The maximum atomic E-state index is 10.7. The quantitative estimate of drug-likeness (QED) is 0.430. The van der Waals surface area contributed by atoms with Crippen LogP contribution in [0.25, 0.3) is 0 Å². The molecule has 0 saturated carbocycles. The lowest BCUT2D eigenvalue weighted by molar-refractivity contribution is -0.106. The number of rotatable bonds is 6. The molecule has 9 heteroatoms. The smallest absolute Gasteiger partial charge is 0.402 e. The highest BCUT2D eigenvalue weighted by molar-refractivity contribution is 7.46. The number of para-hydroxylation sites is 1. The van der Waals surface area contributed by atoms with Gasteiger partial charge in [-0.3, -0.25) is 19.4 Å². The number of hydrogen-bond donors (Lipinski definition) is 4. The molecule has 1 rings (SSSR count). The van der Waals surface area contributed by atoms with Gasteiger partial charge >= 0.3 is 7.82 Å². The van der Waals surface area contributed by atoms with Gasteiger partial charge in [0.1, 0.15) is 5.69 Å². The van der Waals surface area contributed by atoms with Crippen molar-refractivity contribution >= 4 is 32.0 Å². The number of phosphoric ester groups is 1. The molecule has 92 valence electrons. The fourth-order valence-corrected chi connectivity index (χ4v) is 1.54. The van der Waals surface area contributed by atoms with Crippen molar-refractivity contribution in [3.8, 4) is 5.75 Å². The average molecular weight is 260 g/mol. The number of amides is 2. The third kappa shape index (κ3) is 3.87. The predicted octanol–water partition coefficient (Wildman–Crippen LogP) is 0.295. The van der Waals surface area contributed by atoms with Gasteiger partial charge in [-0.05, 0) is 12.1 Å². The summed E-state index contributed by atoms with van der Waals surface area (Å²) in [6.45, 7) is 0. The molecule has 8 nitrogen and oxygen atoms in total. The van der Waals surface area contributed by atoms with Crippen LogP contribution in [0, 0.1) is 0 Å². The van der Waals surface area contributed by atoms with Crippen molar-refractivity contribution in [3.05, 3.63) is 18.2 Å². The first-order valence-electron chi connectivity index (χ1n) is 4.26. The highest BCUT2D eigenvalue weighted by atomic mass is 31.2. The van der Waals surface area contributed by atoms with Gasteiger partial charge in [0.05, 0.1) is 5.69 Å². The lowest BCUT2D eigenvalue weighted by atomic mass is 10.2. The molecule has 1 aromatic carbocycles. The van der Waals surface area contributed by atoms with E-state index in [1.807, 2.05) is 0 Å². The summed E-state index contributed by atoms with van der Waals surface area (Å²) in [6.07, 6.45) is 0.643. The molecule has 2 amide bonds. The van der Waals surface area contributed by atoms with Gasteiger partial charge in [-0.2, -0.15) is 0 Å². The summed E-state index contributed by atoms with van der Waals surface area (Å²) >= 11 is 0. The van der Waals surface area contributed by atoms with Crippen LogP contribution in [-0.4, -0.2) is 22.6 Å². The Morgan fingerprint density at radius 2 is 1.82 bits per heavy atom. The summed E-state index contributed by atoms with van der Waals surface area (Å²) in [4.78, 5) is 38.0. The Labute approximate surface area is 95.8 Å². The molecular weight excluding hydrogens is 251 g/mol. The van der Waals surface area contributed by atoms with E-state index < -0.39 is 7.82 Å². The fourth-order valence-electron chi connectivity index (χ4n) is 1.13. The van der Waals surface area contributed by atoms with Crippen LogP contribution >= 0.6 is 7.82 Å². The van der Waals surface area contributed by atoms with Crippen molar-refractivity contribution in [1.29, 1.82) is 0 Å². The number of hydrogen-bond acceptors (Lipinski definition) is 4. The predicted molar refractivity (Wildman–Crippen MR) is 58.5 cm³/mol. The van der Waals surface area contributed by atoms with E-state index >= 15 is 0 Å². The summed E-state index contributed by atoms with van der Waals surface area (Å²) in [6, 6.07) is 4.06. The third-order valence-electron chi connectivity index (χ3n) is 1.66. The van der Waals surface area contributed by atoms with E-state index in [1.54, 1.807) is 0 Å². The zero-order valence-corrected chi connectivity index (χ0v) is 9.26. The molecule has 0 aliphatic heterocycles. The van der Waals surface area contributed by atoms with Crippen molar-refractivity contribution in [2.75, 3.05) is 10.6 Å². The molecule has 1 aromatic rings. The number of anilines is 2. The van der Waals surface area contributed by atoms with Crippen molar-refractivity contribution < 1.29 is 28.5 Å². The minimum atomic E-state index is -4.75. The summed E-state index contributed by atoms with van der Waals surface area (Å²) < 4.78 is 15.1. The number of carbonyl (C=O) groups excluding carboxylic acids is 2. The second-order valence-electron chi connectivity index (χ2n) is 2.78. The van der Waals surface area contributed by atoms with E-state index in [2.05, 4.69) is 15.2 Å². The Kier molecular flexibility index (Phi) is 4.22. The first kappa shape index (κ1) is 13.2. The molecule has 0 aromatic heterocycles. The van der Waals surface area contributed by atoms with Crippen LogP contribution in [0.15, 0.2) is 18.2 Å². The monoisotopic (exact) mass is 260 g/mol. The molecule has 0 radical (unpaired) electrons. The average Bonchev–Trinajstić information content (AvgIpc) is 2.21. The van der Waals surface area contributed by atoms with Crippen molar-refractivity contribution in [3.63, 3.8) is 0 Å². The second-order valence-corrected chi connectivity index (χ2v) is 3.95. The molecule has 0 aliphatic rings. The Bertz CT molecular complexity index is 471. The van der Waals surface area contributed by atoms with Gasteiger partial charge in [0.2, 0.25) is 12.8 Å². The first-order valence-corrected chi connectivity index (χ1v) is 5.79. The Balaban J connectivity index is 3.18. The van der Waals surface area contributed by atoms with Crippen LogP contribution in [0.1, 0.15) is 0 Å². The number of nitrogens with one attached hydrogen (secondary N) is 2.